The molecule has 1 aromatic rings. The Morgan fingerprint density at radius 2 is 1.67 bits per heavy atom. The summed E-state index contributed by atoms with van der Waals surface area (Å²) in [5.74, 6) is -1.42. The van der Waals surface area contributed by atoms with E-state index in [-0.39, 0.29) is 12.3 Å². The van der Waals surface area contributed by atoms with Gasteiger partial charge in [-0.1, -0.05) is 37.6 Å². The molecular formula is C19H27ClN2O5. The minimum absolute atomic E-state index is 0.212. The number of ether oxygens (including phenoxy) is 2. The van der Waals surface area contributed by atoms with Crippen LogP contribution >= 0.6 is 11.6 Å². The van der Waals surface area contributed by atoms with Crippen molar-refractivity contribution in [3.63, 3.8) is 0 Å². The molecule has 0 aliphatic heterocycles. The SMILES string of the molecule is COC(=O)CC(c1ccc(Cl)cc1)N(C(=O)OC(C)C)C(=O)[C@@H](N)C(C)C. The van der Waals surface area contributed by atoms with E-state index in [1.165, 1.54) is 7.11 Å². The van der Waals surface area contributed by atoms with Gasteiger partial charge >= 0.3 is 12.1 Å². The summed E-state index contributed by atoms with van der Waals surface area (Å²) in [4.78, 5) is 38.6. The number of nitrogens with zero attached hydrogens (tertiary/aromatic N) is 1. The predicted molar refractivity (Wildman–Crippen MR) is 102 cm³/mol. The molecule has 2 amide bonds. The summed E-state index contributed by atoms with van der Waals surface area (Å²) >= 11 is 5.93. The predicted octanol–water partition coefficient (Wildman–Crippen LogP) is 3.30. The Hall–Kier alpha value is -2.12. The van der Waals surface area contributed by atoms with Crippen molar-refractivity contribution in [2.45, 2.75) is 52.3 Å². The zero-order chi connectivity index (χ0) is 20.7. The molecular weight excluding hydrogens is 372 g/mol. The molecule has 2 N–H and O–H groups in total. The van der Waals surface area contributed by atoms with Crippen LogP contribution in [0.4, 0.5) is 4.79 Å². The van der Waals surface area contributed by atoms with E-state index in [4.69, 9.17) is 26.8 Å². The van der Waals surface area contributed by atoms with Gasteiger partial charge in [0.2, 0.25) is 5.91 Å². The van der Waals surface area contributed by atoms with Gasteiger partial charge in [0.25, 0.3) is 0 Å². The fraction of sp³-hybridized carbons (Fsp3) is 0.526. The molecule has 2 atom stereocenters. The quantitative estimate of drug-likeness (QED) is 0.707. The molecule has 0 aliphatic carbocycles. The summed E-state index contributed by atoms with van der Waals surface area (Å²) in [5.41, 5.74) is 6.53. The smallest absolute Gasteiger partial charge is 0.417 e. The average Bonchev–Trinajstić information content (AvgIpc) is 2.60. The van der Waals surface area contributed by atoms with Gasteiger partial charge in [-0.25, -0.2) is 9.69 Å². The van der Waals surface area contributed by atoms with Crippen molar-refractivity contribution >= 4 is 29.6 Å². The molecule has 27 heavy (non-hydrogen) atoms. The van der Waals surface area contributed by atoms with Crippen molar-refractivity contribution in [2.75, 3.05) is 7.11 Å². The van der Waals surface area contributed by atoms with Crippen molar-refractivity contribution in [1.29, 1.82) is 0 Å². The van der Waals surface area contributed by atoms with Crippen LogP contribution in [0.1, 0.15) is 45.7 Å². The van der Waals surface area contributed by atoms with Gasteiger partial charge in [0, 0.05) is 5.02 Å². The fourth-order valence-corrected chi connectivity index (χ4v) is 2.49. The largest absolute Gasteiger partial charge is 0.469 e. The van der Waals surface area contributed by atoms with Gasteiger partial charge in [-0.15, -0.1) is 0 Å². The lowest BCUT2D eigenvalue weighted by Crippen LogP contribution is -2.51. The Morgan fingerprint density at radius 1 is 1.11 bits per heavy atom. The van der Waals surface area contributed by atoms with E-state index in [1.54, 1.807) is 52.0 Å². The number of imide groups is 1. The molecule has 0 heterocycles. The lowest BCUT2D eigenvalue weighted by molar-refractivity contribution is -0.143. The Balaban J connectivity index is 3.41. The van der Waals surface area contributed by atoms with Crippen LogP contribution in [0.25, 0.3) is 0 Å². The summed E-state index contributed by atoms with van der Waals surface area (Å²) in [6.45, 7) is 6.87. The first kappa shape index (κ1) is 22.9. The van der Waals surface area contributed by atoms with E-state index in [0.29, 0.717) is 10.6 Å². The third-order valence-electron chi connectivity index (χ3n) is 3.93. The van der Waals surface area contributed by atoms with Crippen molar-refractivity contribution in [1.82, 2.24) is 4.90 Å². The number of benzene rings is 1. The van der Waals surface area contributed by atoms with Gasteiger partial charge in [0.1, 0.15) is 0 Å². The Kier molecular flexibility index (Phi) is 8.72. The van der Waals surface area contributed by atoms with Crippen LogP contribution in [-0.2, 0) is 19.1 Å². The molecule has 1 unspecified atom stereocenters. The first-order valence-corrected chi connectivity index (χ1v) is 9.07. The summed E-state index contributed by atoms with van der Waals surface area (Å²) < 4.78 is 9.98. The molecule has 0 fully saturated rings. The van der Waals surface area contributed by atoms with Crippen LogP contribution in [0.15, 0.2) is 24.3 Å². The van der Waals surface area contributed by atoms with E-state index in [9.17, 15) is 14.4 Å². The van der Waals surface area contributed by atoms with Crippen LogP contribution in [0, 0.1) is 5.92 Å². The second-order valence-corrected chi connectivity index (χ2v) is 7.19. The first-order valence-electron chi connectivity index (χ1n) is 8.70. The van der Waals surface area contributed by atoms with Gasteiger partial charge in [-0.3, -0.25) is 9.59 Å². The van der Waals surface area contributed by atoms with Crippen molar-refractivity contribution in [3.8, 4) is 0 Å². The van der Waals surface area contributed by atoms with Crippen molar-refractivity contribution < 1.29 is 23.9 Å². The van der Waals surface area contributed by atoms with E-state index >= 15 is 0 Å². The molecule has 150 valence electrons. The highest BCUT2D eigenvalue weighted by Gasteiger charge is 2.37. The Morgan fingerprint density at radius 3 is 2.11 bits per heavy atom. The molecule has 0 aromatic heterocycles. The molecule has 7 nitrogen and oxygen atoms in total. The maximum absolute atomic E-state index is 13.0. The lowest BCUT2D eigenvalue weighted by atomic mass is 9.98. The third-order valence-corrected chi connectivity index (χ3v) is 4.18. The number of methoxy groups -OCH3 is 1. The number of nitrogens with two attached hydrogens (primary N) is 1. The molecule has 0 saturated carbocycles. The molecule has 0 radical (unpaired) electrons. The topological polar surface area (TPSA) is 98.9 Å². The summed E-state index contributed by atoms with van der Waals surface area (Å²) in [6.07, 6.45) is -1.55. The van der Waals surface area contributed by atoms with Gasteiger partial charge in [0.15, 0.2) is 0 Å². The highest BCUT2D eigenvalue weighted by atomic mass is 35.5. The zero-order valence-electron chi connectivity index (χ0n) is 16.3. The number of hydrogen-bond donors (Lipinski definition) is 1. The van der Waals surface area contributed by atoms with Crippen molar-refractivity contribution in [2.24, 2.45) is 11.7 Å². The number of carbonyl (C=O) groups excluding carboxylic acids is 3. The van der Waals surface area contributed by atoms with Crippen LogP contribution in [0.5, 0.6) is 0 Å². The molecule has 0 aliphatic rings. The van der Waals surface area contributed by atoms with Crippen molar-refractivity contribution in [3.05, 3.63) is 34.9 Å². The average molecular weight is 399 g/mol. The van der Waals surface area contributed by atoms with Crippen LogP contribution in [-0.4, -0.2) is 42.1 Å². The number of hydrogen-bond acceptors (Lipinski definition) is 6. The molecule has 0 spiro atoms. The molecule has 8 heteroatoms. The molecule has 0 saturated heterocycles. The second kappa shape index (κ2) is 10.3. The zero-order valence-corrected chi connectivity index (χ0v) is 17.0. The van der Waals surface area contributed by atoms with Crippen LogP contribution in [0.2, 0.25) is 5.02 Å². The summed E-state index contributed by atoms with van der Waals surface area (Å²) in [6, 6.07) is 4.63. The minimum atomic E-state index is -0.933. The summed E-state index contributed by atoms with van der Waals surface area (Å²) in [5, 5.41) is 0.483. The Labute approximate surface area is 164 Å². The number of halogens is 1. The van der Waals surface area contributed by atoms with E-state index < -0.39 is 36.2 Å². The standard InChI is InChI=1S/C19H27ClN2O5/c1-11(2)17(21)18(24)22(19(25)27-12(3)4)15(10-16(23)26-5)13-6-8-14(20)9-7-13/h6-9,11-12,15,17H,10,21H2,1-5H3/t15?,17-/m0/s1. The van der Waals surface area contributed by atoms with E-state index in [0.717, 1.165) is 4.90 Å². The van der Waals surface area contributed by atoms with Gasteiger partial charge < -0.3 is 15.2 Å². The first-order chi connectivity index (χ1) is 12.6. The lowest BCUT2D eigenvalue weighted by Gasteiger charge is -2.32. The normalized spacial score (nSPS) is 13.2. The summed E-state index contributed by atoms with van der Waals surface area (Å²) in [7, 11) is 1.24. The van der Waals surface area contributed by atoms with Crippen LogP contribution < -0.4 is 5.73 Å². The third kappa shape index (κ3) is 6.52. The van der Waals surface area contributed by atoms with E-state index in [2.05, 4.69) is 0 Å². The fourth-order valence-electron chi connectivity index (χ4n) is 2.36. The number of esters is 1. The highest BCUT2D eigenvalue weighted by molar-refractivity contribution is 6.30. The monoisotopic (exact) mass is 398 g/mol. The molecule has 0 bridgehead atoms. The molecule has 1 rings (SSSR count). The second-order valence-electron chi connectivity index (χ2n) is 6.76. The van der Waals surface area contributed by atoms with Crippen LogP contribution in [0.3, 0.4) is 0 Å². The minimum Gasteiger partial charge on any atom is -0.469 e. The molecule has 1 aromatic carbocycles. The number of carbonyl (C=O) groups is 3. The maximum Gasteiger partial charge on any atom is 0.417 e. The number of amides is 2. The Bertz CT molecular complexity index is 661. The van der Waals surface area contributed by atoms with Gasteiger partial charge in [0.05, 0.1) is 31.7 Å². The van der Waals surface area contributed by atoms with E-state index in [1.807, 2.05) is 0 Å². The van der Waals surface area contributed by atoms with Gasteiger partial charge in [-0.2, -0.15) is 0 Å². The highest BCUT2D eigenvalue weighted by Crippen LogP contribution is 2.28. The van der Waals surface area contributed by atoms with Gasteiger partial charge in [-0.05, 0) is 37.5 Å². The number of rotatable bonds is 7. The maximum atomic E-state index is 13.0.